The fourth-order valence-electron chi connectivity index (χ4n) is 1.67. The van der Waals surface area contributed by atoms with Gasteiger partial charge in [0.1, 0.15) is 11.5 Å². The van der Waals surface area contributed by atoms with E-state index in [4.69, 9.17) is 9.84 Å². The third kappa shape index (κ3) is 3.32. The molecule has 2 aromatic carbocycles. The summed E-state index contributed by atoms with van der Waals surface area (Å²) in [4.78, 5) is 0. The van der Waals surface area contributed by atoms with Crippen molar-refractivity contribution in [2.45, 2.75) is 12.8 Å². The van der Waals surface area contributed by atoms with Crippen molar-refractivity contribution in [2.24, 2.45) is 0 Å². The van der Waals surface area contributed by atoms with Gasteiger partial charge in [0.15, 0.2) is 0 Å². The lowest BCUT2D eigenvalue weighted by Crippen LogP contribution is -2.07. The first-order chi connectivity index (χ1) is 9.41. The summed E-state index contributed by atoms with van der Waals surface area (Å²) in [5.74, 6) is -0.107. The number of halogens is 4. The quantitative estimate of drug-likeness (QED) is 0.868. The number of para-hydroxylation sites is 1. The SMILES string of the molecule is OCc1ccccc1Oc1ccc(Br)cc1C(F)(F)F. The number of rotatable bonds is 3. The Kier molecular flexibility index (Phi) is 4.35. The van der Waals surface area contributed by atoms with Crippen molar-refractivity contribution in [3.05, 3.63) is 58.1 Å². The summed E-state index contributed by atoms with van der Waals surface area (Å²) < 4.78 is 44.5. The van der Waals surface area contributed by atoms with Crippen LogP contribution in [0.1, 0.15) is 11.1 Å². The molecule has 0 atom stereocenters. The van der Waals surface area contributed by atoms with Gasteiger partial charge < -0.3 is 9.84 Å². The topological polar surface area (TPSA) is 29.5 Å². The molecule has 0 saturated heterocycles. The predicted molar refractivity (Wildman–Crippen MR) is 71.6 cm³/mol. The molecule has 2 aromatic rings. The van der Waals surface area contributed by atoms with Gasteiger partial charge in [-0.25, -0.2) is 0 Å². The molecule has 0 aromatic heterocycles. The Hall–Kier alpha value is -1.53. The Balaban J connectivity index is 2.44. The second-order valence-electron chi connectivity index (χ2n) is 4.01. The van der Waals surface area contributed by atoms with Crippen molar-refractivity contribution in [3.8, 4) is 11.5 Å². The molecule has 0 unspecified atom stereocenters. The molecule has 1 N–H and O–H groups in total. The summed E-state index contributed by atoms with van der Waals surface area (Å²) in [6.07, 6.45) is -4.52. The lowest BCUT2D eigenvalue weighted by Gasteiger charge is -2.15. The normalized spacial score (nSPS) is 11.4. The number of ether oxygens (including phenoxy) is 1. The molecule has 0 bridgehead atoms. The second kappa shape index (κ2) is 5.85. The number of alkyl halides is 3. The molecule has 0 radical (unpaired) electrons. The van der Waals surface area contributed by atoms with Gasteiger partial charge in [0.05, 0.1) is 12.2 Å². The second-order valence-corrected chi connectivity index (χ2v) is 4.92. The monoisotopic (exact) mass is 346 g/mol. The summed E-state index contributed by atoms with van der Waals surface area (Å²) in [5.41, 5.74) is -0.455. The Bertz CT molecular complexity index is 612. The molecule has 0 aliphatic rings. The summed E-state index contributed by atoms with van der Waals surface area (Å²) in [5, 5.41) is 9.16. The number of aliphatic hydroxyl groups excluding tert-OH is 1. The van der Waals surface area contributed by atoms with Crippen LogP contribution in [0.5, 0.6) is 11.5 Å². The van der Waals surface area contributed by atoms with Crippen LogP contribution in [-0.2, 0) is 12.8 Å². The maximum Gasteiger partial charge on any atom is 0.420 e. The van der Waals surface area contributed by atoms with Gasteiger partial charge in [-0.05, 0) is 24.3 Å². The van der Waals surface area contributed by atoms with Crippen molar-refractivity contribution in [1.82, 2.24) is 0 Å². The van der Waals surface area contributed by atoms with Crippen molar-refractivity contribution in [2.75, 3.05) is 0 Å². The van der Waals surface area contributed by atoms with Gasteiger partial charge in [-0.3, -0.25) is 0 Å². The number of aliphatic hydroxyl groups is 1. The van der Waals surface area contributed by atoms with Gasteiger partial charge in [-0.15, -0.1) is 0 Å². The molecule has 2 nitrogen and oxygen atoms in total. The number of hydrogen-bond acceptors (Lipinski definition) is 2. The number of benzene rings is 2. The Morgan fingerprint density at radius 3 is 2.40 bits per heavy atom. The van der Waals surface area contributed by atoms with Gasteiger partial charge in [-0.1, -0.05) is 34.1 Å². The molecule has 2 rings (SSSR count). The molecule has 0 aliphatic heterocycles. The van der Waals surface area contributed by atoms with E-state index in [9.17, 15) is 13.2 Å². The molecule has 0 spiro atoms. The molecule has 0 amide bonds. The minimum Gasteiger partial charge on any atom is -0.456 e. The van der Waals surface area contributed by atoms with Crippen LogP contribution in [0, 0.1) is 0 Å². The minimum atomic E-state index is -4.52. The van der Waals surface area contributed by atoms with Gasteiger partial charge in [-0.2, -0.15) is 13.2 Å². The van der Waals surface area contributed by atoms with E-state index in [0.717, 1.165) is 6.07 Å². The average molecular weight is 347 g/mol. The van der Waals surface area contributed by atoms with E-state index < -0.39 is 11.7 Å². The zero-order chi connectivity index (χ0) is 14.8. The smallest absolute Gasteiger partial charge is 0.420 e. The van der Waals surface area contributed by atoms with Crippen LogP contribution in [0.3, 0.4) is 0 Å². The molecule has 0 aliphatic carbocycles. The molecule has 106 valence electrons. The Morgan fingerprint density at radius 2 is 1.75 bits per heavy atom. The largest absolute Gasteiger partial charge is 0.456 e. The van der Waals surface area contributed by atoms with Crippen LogP contribution in [-0.4, -0.2) is 5.11 Å². The van der Waals surface area contributed by atoms with Crippen molar-refractivity contribution in [3.63, 3.8) is 0 Å². The first-order valence-electron chi connectivity index (χ1n) is 5.65. The lowest BCUT2D eigenvalue weighted by atomic mass is 10.2. The highest BCUT2D eigenvalue weighted by Gasteiger charge is 2.34. The van der Waals surface area contributed by atoms with Gasteiger partial charge in [0, 0.05) is 10.0 Å². The molecule has 6 heteroatoms. The van der Waals surface area contributed by atoms with Crippen LogP contribution in [0.4, 0.5) is 13.2 Å². The zero-order valence-corrected chi connectivity index (χ0v) is 11.7. The summed E-state index contributed by atoms with van der Waals surface area (Å²) >= 11 is 3.01. The maximum atomic E-state index is 13.0. The predicted octanol–water partition coefficient (Wildman–Crippen LogP) is 4.75. The highest BCUT2D eigenvalue weighted by molar-refractivity contribution is 9.10. The third-order valence-electron chi connectivity index (χ3n) is 2.61. The van der Waals surface area contributed by atoms with E-state index in [-0.39, 0.29) is 18.1 Å². The standard InChI is InChI=1S/C14H10BrF3O2/c15-10-5-6-13(11(7-10)14(16,17)18)20-12-4-2-1-3-9(12)8-19/h1-7,19H,8H2. The molecular weight excluding hydrogens is 337 g/mol. The molecule has 0 fully saturated rings. The lowest BCUT2D eigenvalue weighted by molar-refractivity contribution is -0.138. The number of hydrogen-bond donors (Lipinski definition) is 1. The van der Waals surface area contributed by atoms with E-state index in [1.807, 2.05) is 0 Å². The highest BCUT2D eigenvalue weighted by atomic mass is 79.9. The molecular formula is C14H10BrF3O2. The summed E-state index contributed by atoms with van der Waals surface area (Å²) in [6.45, 7) is -0.311. The molecule has 0 saturated carbocycles. The molecule has 20 heavy (non-hydrogen) atoms. The first kappa shape index (κ1) is 14.9. The van der Waals surface area contributed by atoms with Crippen molar-refractivity contribution in [1.29, 1.82) is 0 Å². The van der Waals surface area contributed by atoms with Crippen molar-refractivity contribution >= 4 is 15.9 Å². The minimum absolute atomic E-state index is 0.197. The van der Waals surface area contributed by atoms with E-state index >= 15 is 0 Å². The van der Waals surface area contributed by atoms with Gasteiger partial charge in [0.25, 0.3) is 0 Å². The average Bonchev–Trinajstić information content (AvgIpc) is 2.40. The molecule has 0 heterocycles. The van der Waals surface area contributed by atoms with E-state index in [1.165, 1.54) is 18.2 Å². The van der Waals surface area contributed by atoms with Crippen LogP contribution in [0.2, 0.25) is 0 Å². The van der Waals surface area contributed by atoms with E-state index in [2.05, 4.69) is 15.9 Å². The summed E-state index contributed by atoms with van der Waals surface area (Å²) in [7, 11) is 0. The Labute approximate surface area is 121 Å². The van der Waals surface area contributed by atoms with Crippen LogP contribution < -0.4 is 4.74 Å². The van der Waals surface area contributed by atoms with Gasteiger partial charge in [0.2, 0.25) is 0 Å². The Morgan fingerprint density at radius 1 is 1.05 bits per heavy atom. The van der Waals surface area contributed by atoms with E-state index in [0.29, 0.717) is 10.0 Å². The highest BCUT2D eigenvalue weighted by Crippen LogP contribution is 2.40. The van der Waals surface area contributed by atoms with Gasteiger partial charge >= 0.3 is 6.18 Å². The van der Waals surface area contributed by atoms with Crippen LogP contribution >= 0.6 is 15.9 Å². The maximum absolute atomic E-state index is 13.0. The third-order valence-corrected chi connectivity index (χ3v) is 3.10. The first-order valence-corrected chi connectivity index (χ1v) is 6.44. The van der Waals surface area contributed by atoms with Crippen LogP contribution in [0.15, 0.2) is 46.9 Å². The summed E-state index contributed by atoms with van der Waals surface area (Å²) in [6, 6.07) is 10.0. The van der Waals surface area contributed by atoms with Crippen LogP contribution in [0.25, 0.3) is 0 Å². The van der Waals surface area contributed by atoms with E-state index in [1.54, 1.807) is 18.2 Å². The van der Waals surface area contributed by atoms with Crippen molar-refractivity contribution < 1.29 is 23.0 Å². The zero-order valence-electron chi connectivity index (χ0n) is 10.1. The fraction of sp³-hybridized carbons (Fsp3) is 0.143. The fourth-order valence-corrected chi connectivity index (χ4v) is 2.03.